The number of fused-ring (bicyclic) bond motifs is 1. The van der Waals surface area contributed by atoms with E-state index in [1.54, 1.807) is 54.3 Å². The molecule has 0 aliphatic carbocycles. The predicted molar refractivity (Wildman–Crippen MR) is 131 cm³/mol. The molecule has 1 aromatic carbocycles. The molecule has 0 spiro atoms. The van der Waals surface area contributed by atoms with Crippen LogP contribution in [0.1, 0.15) is 10.4 Å². The lowest BCUT2D eigenvalue weighted by Crippen LogP contribution is -2.26. The van der Waals surface area contributed by atoms with Crippen LogP contribution in [0.15, 0.2) is 61.1 Å². The summed E-state index contributed by atoms with van der Waals surface area (Å²) in [6, 6.07) is 11.0. The average molecular weight is 493 g/mol. The Labute approximate surface area is 206 Å². The molecule has 0 unspecified atom stereocenters. The Hall–Kier alpha value is -4.51. The van der Waals surface area contributed by atoms with Crippen molar-refractivity contribution in [1.29, 1.82) is 0 Å². The highest BCUT2D eigenvalue weighted by molar-refractivity contribution is 6.05. The van der Waals surface area contributed by atoms with Gasteiger partial charge < -0.3 is 19.1 Å². The Bertz CT molecular complexity index is 1390. The molecule has 0 aliphatic heterocycles. The number of benzene rings is 1. The number of hydrogen-bond acceptors (Lipinski definition) is 7. The fraction of sp³-hybridized carbons (Fsp3) is 0.200. The Morgan fingerprint density at radius 3 is 2.61 bits per heavy atom. The summed E-state index contributed by atoms with van der Waals surface area (Å²) in [7, 11) is 4.40. The largest absolute Gasteiger partial charge is 0.488 e. The maximum Gasteiger partial charge on any atom is 0.412 e. The molecular weight excluding hydrogens is 469 g/mol. The molecule has 0 fully saturated rings. The maximum absolute atomic E-state index is 14.1. The van der Waals surface area contributed by atoms with Crippen LogP contribution in [0.2, 0.25) is 0 Å². The van der Waals surface area contributed by atoms with Crippen LogP contribution in [0.3, 0.4) is 0 Å². The van der Waals surface area contributed by atoms with E-state index in [1.165, 1.54) is 37.3 Å². The number of halogens is 1. The molecule has 186 valence electrons. The van der Waals surface area contributed by atoms with Crippen LogP contribution in [0.5, 0.6) is 5.75 Å². The number of amides is 2. The maximum atomic E-state index is 14.1. The predicted octanol–water partition coefficient (Wildman–Crippen LogP) is 4.02. The van der Waals surface area contributed by atoms with Gasteiger partial charge in [0.2, 0.25) is 0 Å². The van der Waals surface area contributed by atoms with Crippen LogP contribution in [0.25, 0.3) is 16.9 Å². The van der Waals surface area contributed by atoms with Crippen molar-refractivity contribution in [2.45, 2.75) is 0 Å². The molecule has 36 heavy (non-hydrogen) atoms. The first-order valence-corrected chi connectivity index (χ1v) is 10.9. The van der Waals surface area contributed by atoms with E-state index in [0.717, 1.165) is 5.56 Å². The van der Waals surface area contributed by atoms with Gasteiger partial charge in [-0.15, -0.1) is 0 Å². The molecule has 0 saturated heterocycles. The number of aromatic nitrogens is 3. The van der Waals surface area contributed by atoms with Gasteiger partial charge in [-0.05, 0) is 36.4 Å². The smallest absolute Gasteiger partial charge is 0.412 e. The highest BCUT2D eigenvalue weighted by Crippen LogP contribution is 2.26. The summed E-state index contributed by atoms with van der Waals surface area (Å²) in [5, 5.41) is 2.49. The molecule has 10 nitrogen and oxygen atoms in total. The zero-order valence-corrected chi connectivity index (χ0v) is 19.9. The zero-order chi connectivity index (χ0) is 25.7. The monoisotopic (exact) mass is 493 g/mol. The Morgan fingerprint density at radius 1 is 1.06 bits per heavy atom. The number of pyridine rings is 2. The molecule has 0 aliphatic rings. The van der Waals surface area contributed by atoms with E-state index in [1.807, 2.05) is 0 Å². The van der Waals surface area contributed by atoms with Crippen LogP contribution < -0.4 is 15.0 Å². The minimum Gasteiger partial charge on any atom is -0.488 e. The van der Waals surface area contributed by atoms with Crippen molar-refractivity contribution in [3.05, 3.63) is 72.4 Å². The van der Waals surface area contributed by atoms with Crippen LogP contribution in [0.4, 0.5) is 20.7 Å². The number of nitrogens with zero attached hydrogens (tertiary/aromatic N) is 4. The third kappa shape index (κ3) is 5.26. The van der Waals surface area contributed by atoms with E-state index < -0.39 is 11.9 Å². The van der Waals surface area contributed by atoms with E-state index in [0.29, 0.717) is 35.0 Å². The van der Waals surface area contributed by atoms with Crippen molar-refractivity contribution in [2.24, 2.45) is 0 Å². The number of rotatable bonds is 8. The number of anilines is 2. The van der Waals surface area contributed by atoms with E-state index in [-0.39, 0.29) is 18.3 Å². The summed E-state index contributed by atoms with van der Waals surface area (Å²) in [5.74, 6) is -0.459. The first kappa shape index (κ1) is 24.6. The summed E-state index contributed by atoms with van der Waals surface area (Å²) >= 11 is 0. The quantitative estimate of drug-likeness (QED) is 0.370. The first-order chi connectivity index (χ1) is 17.4. The van der Waals surface area contributed by atoms with Crippen molar-refractivity contribution in [3.8, 4) is 17.0 Å². The molecule has 0 atom stereocenters. The summed E-state index contributed by atoms with van der Waals surface area (Å²) in [5.41, 5.74) is 2.93. The number of imidazole rings is 1. The topological polar surface area (TPSA) is 107 Å². The van der Waals surface area contributed by atoms with E-state index in [9.17, 15) is 14.0 Å². The summed E-state index contributed by atoms with van der Waals surface area (Å²) < 4.78 is 30.8. The minimum absolute atomic E-state index is 0.0363. The number of methoxy groups -OCH3 is 2. The van der Waals surface area contributed by atoms with Gasteiger partial charge in [0, 0.05) is 43.9 Å². The van der Waals surface area contributed by atoms with E-state index in [4.69, 9.17) is 9.47 Å². The van der Waals surface area contributed by atoms with Gasteiger partial charge in [-0.25, -0.2) is 19.2 Å². The van der Waals surface area contributed by atoms with Gasteiger partial charge in [0.15, 0.2) is 11.6 Å². The van der Waals surface area contributed by atoms with E-state index >= 15 is 0 Å². The molecule has 3 heterocycles. The van der Waals surface area contributed by atoms with Gasteiger partial charge in [-0.1, -0.05) is 0 Å². The Balaban J connectivity index is 1.58. The van der Waals surface area contributed by atoms with Gasteiger partial charge >= 0.3 is 6.09 Å². The molecule has 0 radical (unpaired) electrons. The highest BCUT2D eigenvalue weighted by atomic mass is 19.1. The van der Waals surface area contributed by atoms with Crippen molar-refractivity contribution in [3.63, 3.8) is 0 Å². The normalized spacial score (nSPS) is 10.8. The van der Waals surface area contributed by atoms with Gasteiger partial charge in [0.1, 0.15) is 18.1 Å². The van der Waals surface area contributed by atoms with Gasteiger partial charge in [-0.2, -0.15) is 0 Å². The molecule has 4 rings (SSSR count). The Kier molecular flexibility index (Phi) is 7.40. The van der Waals surface area contributed by atoms with Gasteiger partial charge in [0.05, 0.1) is 31.2 Å². The molecular formula is C25H24FN5O5. The summed E-state index contributed by atoms with van der Waals surface area (Å²) in [6.07, 6.45) is 4.31. The van der Waals surface area contributed by atoms with Crippen LogP contribution >= 0.6 is 0 Å². The Morgan fingerprint density at radius 2 is 1.89 bits per heavy atom. The molecule has 1 N–H and O–H groups in total. The number of carbonyl (C=O) groups excluding carboxylic acids is 2. The highest BCUT2D eigenvalue weighted by Gasteiger charge is 2.18. The van der Waals surface area contributed by atoms with E-state index in [2.05, 4.69) is 20.0 Å². The standard InChI is InChI=1S/C25H24FN5O5/c1-30(18-6-7-19(26)21(12-18)36-11-10-34-2)24(32)17-5-9-23-28-14-20(31(23)15-17)16-4-8-22(27-13-16)29-25(33)35-3/h4-9,12-15H,10-11H2,1-3H3,(H,27,29,33). The molecule has 0 bridgehead atoms. The van der Waals surface area contributed by atoms with Gasteiger partial charge in [-0.3, -0.25) is 14.5 Å². The minimum atomic E-state index is -0.618. The second kappa shape index (κ2) is 10.8. The fourth-order valence-corrected chi connectivity index (χ4v) is 3.45. The fourth-order valence-electron chi connectivity index (χ4n) is 3.45. The molecule has 11 heteroatoms. The third-order valence-corrected chi connectivity index (χ3v) is 5.38. The van der Waals surface area contributed by atoms with Crippen molar-refractivity contribution in [1.82, 2.24) is 14.4 Å². The van der Waals surface area contributed by atoms with Crippen LogP contribution in [0, 0.1) is 5.82 Å². The molecule has 2 amide bonds. The number of carbonyl (C=O) groups is 2. The number of hydrogen-bond donors (Lipinski definition) is 1. The van der Waals surface area contributed by atoms with Crippen LogP contribution in [-0.2, 0) is 9.47 Å². The SMILES string of the molecule is COCCOc1cc(N(C)C(=O)c2ccc3ncc(-c4ccc(NC(=O)OC)nc4)n3c2)ccc1F. The van der Waals surface area contributed by atoms with Crippen molar-refractivity contribution >= 4 is 29.2 Å². The average Bonchev–Trinajstić information content (AvgIpc) is 3.32. The van der Waals surface area contributed by atoms with Gasteiger partial charge in [0.25, 0.3) is 5.91 Å². The second-order valence-electron chi connectivity index (χ2n) is 7.66. The summed E-state index contributed by atoms with van der Waals surface area (Å²) in [6.45, 7) is 0.495. The lowest BCUT2D eigenvalue weighted by molar-refractivity contribution is 0.0992. The zero-order valence-electron chi connectivity index (χ0n) is 19.9. The molecule has 0 saturated carbocycles. The first-order valence-electron chi connectivity index (χ1n) is 10.9. The molecule has 3 aromatic heterocycles. The van der Waals surface area contributed by atoms with Crippen molar-refractivity contribution in [2.75, 3.05) is 44.7 Å². The van der Waals surface area contributed by atoms with Crippen molar-refractivity contribution < 1.29 is 28.2 Å². The lowest BCUT2D eigenvalue weighted by atomic mass is 10.2. The summed E-state index contributed by atoms with van der Waals surface area (Å²) in [4.78, 5) is 34.7. The third-order valence-electron chi connectivity index (χ3n) is 5.38. The number of ether oxygens (including phenoxy) is 3. The van der Waals surface area contributed by atoms with Crippen LogP contribution in [-0.4, -0.2) is 60.9 Å². The lowest BCUT2D eigenvalue weighted by Gasteiger charge is -2.19. The number of nitrogens with one attached hydrogen (secondary N) is 1. The molecule has 4 aromatic rings. The second-order valence-corrected chi connectivity index (χ2v) is 7.66.